The van der Waals surface area contributed by atoms with Crippen LogP contribution in [0.1, 0.15) is 33.1 Å². The summed E-state index contributed by atoms with van der Waals surface area (Å²) in [5.41, 5.74) is -0.575. The highest BCUT2D eigenvalue weighted by molar-refractivity contribution is 5.93. The van der Waals surface area contributed by atoms with Crippen LogP contribution in [0.4, 0.5) is 0 Å². The topological polar surface area (TPSA) is 63.6 Å². The molecule has 2 saturated carbocycles. The molecule has 0 radical (unpaired) electrons. The summed E-state index contributed by atoms with van der Waals surface area (Å²) in [5, 5.41) is 10.1. The number of carbonyl (C=O) groups excluding carboxylic acids is 2. The van der Waals surface area contributed by atoms with E-state index in [2.05, 4.69) is 13.8 Å². The van der Waals surface area contributed by atoms with Crippen molar-refractivity contribution in [1.29, 1.82) is 0 Å². The molecule has 102 valence electrons. The number of hydrogen-bond donors (Lipinski definition) is 1. The zero-order valence-electron chi connectivity index (χ0n) is 11.2. The van der Waals surface area contributed by atoms with Gasteiger partial charge in [-0.2, -0.15) is 0 Å². The van der Waals surface area contributed by atoms with E-state index in [-0.39, 0.29) is 23.2 Å². The molecule has 0 aromatic heterocycles. The fourth-order valence-corrected chi connectivity index (χ4v) is 5.23. The van der Waals surface area contributed by atoms with Gasteiger partial charge in [0.1, 0.15) is 6.29 Å². The van der Waals surface area contributed by atoms with Crippen molar-refractivity contribution in [1.82, 2.24) is 0 Å². The number of rotatable bonds is 1. The highest BCUT2D eigenvalue weighted by Gasteiger charge is 2.87. The largest absolute Gasteiger partial charge is 0.434 e. The molecule has 4 nitrogen and oxygen atoms in total. The number of ether oxygens (including phenoxy) is 1. The number of fused-ring (bicyclic) bond motifs is 1. The maximum atomic E-state index is 12.3. The summed E-state index contributed by atoms with van der Waals surface area (Å²) in [7, 11) is 0. The van der Waals surface area contributed by atoms with Crippen molar-refractivity contribution in [2.45, 2.75) is 39.4 Å². The van der Waals surface area contributed by atoms with Gasteiger partial charge in [0.05, 0.1) is 10.8 Å². The lowest BCUT2D eigenvalue weighted by Crippen LogP contribution is -2.35. The maximum Gasteiger partial charge on any atom is 0.315 e. The first-order chi connectivity index (χ1) is 8.87. The van der Waals surface area contributed by atoms with Gasteiger partial charge in [-0.3, -0.25) is 9.59 Å². The van der Waals surface area contributed by atoms with Crippen molar-refractivity contribution in [2.75, 3.05) is 0 Å². The lowest BCUT2D eigenvalue weighted by molar-refractivity contribution is -0.165. The Morgan fingerprint density at radius 1 is 1.37 bits per heavy atom. The zero-order valence-corrected chi connectivity index (χ0v) is 11.2. The smallest absolute Gasteiger partial charge is 0.315 e. The van der Waals surface area contributed by atoms with Crippen molar-refractivity contribution in [3.8, 4) is 0 Å². The van der Waals surface area contributed by atoms with Crippen molar-refractivity contribution < 1.29 is 19.4 Å². The molecule has 3 aliphatic carbocycles. The van der Waals surface area contributed by atoms with Gasteiger partial charge in [-0.25, -0.2) is 0 Å². The minimum absolute atomic E-state index is 0.182. The van der Waals surface area contributed by atoms with Crippen LogP contribution < -0.4 is 0 Å². The Bertz CT molecular complexity index is 534. The quantitative estimate of drug-likeness (QED) is 0.573. The molecular formula is C15H18O4. The van der Waals surface area contributed by atoms with Crippen LogP contribution >= 0.6 is 0 Å². The monoisotopic (exact) mass is 262 g/mol. The van der Waals surface area contributed by atoms with Gasteiger partial charge in [0.15, 0.2) is 0 Å². The van der Waals surface area contributed by atoms with Gasteiger partial charge in [-0.15, -0.1) is 0 Å². The number of hydrogen-bond acceptors (Lipinski definition) is 4. The molecule has 0 bridgehead atoms. The number of allylic oxidation sites excluding steroid dienone is 1. The third kappa shape index (κ3) is 1.04. The molecule has 4 rings (SSSR count). The van der Waals surface area contributed by atoms with E-state index in [0.717, 1.165) is 19.1 Å². The van der Waals surface area contributed by atoms with Gasteiger partial charge in [0.25, 0.3) is 0 Å². The summed E-state index contributed by atoms with van der Waals surface area (Å²) in [6.07, 6.45) is 4.22. The fourth-order valence-electron chi connectivity index (χ4n) is 5.23. The molecule has 0 amide bonds. The number of esters is 1. The van der Waals surface area contributed by atoms with Gasteiger partial charge >= 0.3 is 5.97 Å². The van der Waals surface area contributed by atoms with Gasteiger partial charge in [-0.05, 0) is 36.5 Å². The first kappa shape index (κ1) is 11.6. The van der Waals surface area contributed by atoms with E-state index in [0.29, 0.717) is 12.0 Å². The minimum Gasteiger partial charge on any atom is -0.434 e. The van der Waals surface area contributed by atoms with E-state index >= 15 is 0 Å². The Labute approximate surface area is 111 Å². The first-order valence-corrected chi connectivity index (χ1v) is 6.94. The lowest BCUT2D eigenvalue weighted by atomic mass is 9.69. The van der Waals surface area contributed by atoms with Crippen LogP contribution in [-0.4, -0.2) is 23.7 Å². The van der Waals surface area contributed by atoms with Crippen molar-refractivity contribution >= 4 is 12.3 Å². The van der Waals surface area contributed by atoms with Crippen LogP contribution in [0.25, 0.3) is 0 Å². The SMILES string of the molecule is CC1(C)C[C@H]2C=C(C=O)[C@]34C[C@]3(C(=O)O[C@@H]4O)[C@H]2C1. The van der Waals surface area contributed by atoms with E-state index in [1.54, 1.807) is 0 Å². The number of aliphatic hydroxyl groups excluding tert-OH is 1. The molecule has 0 unspecified atom stereocenters. The molecule has 5 atom stereocenters. The standard InChI is InChI=1S/C15H18O4/c1-13(2)4-8-3-9(6-16)14-7-15(14,10(8)5-13)12(18)19-11(14)17/h3,6,8,10-11,17H,4-5,7H2,1-2H3/t8-,10+,11+,14+,15-/m1/s1. The molecule has 1 saturated heterocycles. The highest BCUT2D eigenvalue weighted by atomic mass is 16.6. The van der Waals surface area contributed by atoms with Gasteiger partial charge in [0, 0.05) is 5.57 Å². The normalized spacial score (nSPS) is 52.7. The Kier molecular flexibility index (Phi) is 1.81. The number of carbonyl (C=O) groups is 2. The molecular weight excluding hydrogens is 244 g/mol. The summed E-state index contributed by atoms with van der Waals surface area (Å²) >= 11 is 0. The van der Waals surface area contributed by atoms with Crippen LogP contribution in [0.3, 0.4) is 0 Å². The molecule has 4 heteroatoms. The second-order valence-electron chi connectivity index (χ2n) is 7.46. The maximum absolute atomic E-state index is 12.3. The third-order valence-electron chi connectivity index (χ3n) is 5.98. The molecule has 1 heterocycles. The Morgan fingerprint density at radius 2 is 2.11 bits per heavy atom. The molecule has 1 N–H and O–H groups in total. The molecule has 4 aliphatic rings. The van der Waals surface area contributed by atoms with Crippen LogP contribution in [0, 0.1) is 28.1 Å². The average Bonchev–Trinajstić information content (AvgIpc) is 2.89. The van der Waals surface area contributed by atoms with Gasteiger partial charge in [-0.1, -0.05) is 19.9 Å². The predicted molar refractivity (Wildman–Crippen MR) is 65.7 cm³/mol. The Balaban J connectivity index is 1.89. The average molecular weight is 262 g/mol. The molecule has 0 aromatic carbocycles. The van der Waals surface area contributed by atoms with Crippen molar-refractivity contribution in [2.24, 2.45) is 28.1 Å². The number of cyclic esters (lactones) is 1. The van der Waals surface area contributed by atoms with Gasteiger partial charge < -0.3 is 9.84 Å². The molecule has 1 aliphatic heterocycles. The van der Waals surface area contributed by atoms with Gasteiger partial charge in [0.2, 0.25) is 6.29 Å². The second kappa shape index (κ2) is 2.95. The first-order valence-electron chi connectivity index (χ1n) is 6.94. The number of aldehydes is 1. The second-order valence-corrected chi connectivity index (χ2v) is 7.46. The van der Waals surface area contributed by atoms with Crippen molar-refractivity contribution in [3.63, 3.8) is 0 Å². The fraction of sp³-hybridized carbons (Fsp3) is 0.733. The summed E-state index contributed by atoms with van der Waals surface area (Å²) < 4.78 is 5.08. The summed E-state index contributed by atoms with van der Waals surface area (Å²) in [6, 6.07) is 0. The van der Waals surface area contributed by atoms with E-state index in [1.165, 1.54) is 0 Å². The predicted octanol–water partition coefficient (Wildman–Crippen LogP) is 1.43. The Hall–Kier alpha value is -1.16. The van der Waals surface area contributed by atoms with Crippen molar-refractivity contribution in [3.05, 3.63) is 11.6 Å². The summed E-state index contributed by atoms with van der Waals surface area (Å²) in [6.45, 7) is 4.41. The van der Waals surface area contributed by atoms with Crippen LogP contribution in [0.2, 0.25) is 0 Å². The van der Waals surface area contributed by atoms with E-state index in [1.807, 2.05) is 6.08 Å². The molecule has 0 spiro atoms. The van der Waals surface area contributed by atoms with E-state index in [4.69, 9.17) is 4.74 Å². The summed E-state index contributed by atoms with van der Waals surface area (Å²) in [5.74, 6) is 0.194. The third-order valence-corrected chi connectivity index (χ3v) is 5.98. The highest BCUT2D eigenvalue weighted by Crippen LogP contribution is 2.82. The van der Waals surface area contributed by atoms with Crippen LogP contribution in [-0.2, 0) is 14.3 Å². The minimum atomic E-state index is -1.14. The molecule has 3 fully saturated rings. The zero-order chi connectivity index (χ0) is 13.6. The van der Waals surface area contributed by atoms with E-state index < -0.39 is 17.1 Å². The summed E-state index contributed by atoms with van der Waals surface area (Å²) in [4.78, 5) is 23.7. The van der Waals surface area contributed by atoms with Crippen LogP contribution in [0.5, 0.6) is 0 Å². The molecule has 0 aromatic rings. The lowest BCUT2D eigenvalue weighted by Gasteiger charge is -2.30. The Morgan fingerprint density at radius 3 is 2.79 bits per heavy atom. The number of aliphatic hydroxyl groups is 1. The van der Waals surface area contributed by atoms with E-state index in [9.17, 15) is 14.7 Å². The molecule has 19 heavy (non-hydrogen) atoms. The van der Waals surface area contributed by atoms with Crippen LogP contribution in [0.15, 0.2) is 11.6 Å².